The number of hydrogen-bond acceptors (Lipinski definition) is 4. The highest BCUT2D eigenvalue weighted by atomic mass is 16.4. The van der Waals surface area contributed by atoms with E-state index in [0.29, 0.717) is 0 Å². The lowest BCUT2D eigenvalue weighted by Crippen LogP contribution is -2.49. The first-order chi connectivity index (χ1) is 12.5. The maximum Gasteiger partial charge on any atom is 0.234 e. The molecular formula is C21H16NO4-. The number of hydrogen-bond donors (Lipinski definition) is 0. The number of carboxylic acids is 1. The van der Waals surface area contributed by atoms with Gasteiger partial charge in [0.2, 0.25) is 11.8 Å². The van der Waals surface area contributed by atoms with Gasteiger partial charge in [0.15, 0.2) is 0 Å². The first kappa shape index (κ1) is 15.3. The Morgan fingerprint density at radius 2 is 1.19 bits per heavy atom. The van der Waals surface area contributed by atoms with Gasteiger partial charge in [-0.3, -0.25) is 14.5 Å². The van der Waals surface area contributed by atoms with Crippen LogP contribution in [0.3, 0.4) is 0 Å². The molecule has 5 nitrogen and oxygen atoms in total. The van der Waals surface area contributed by atoms with Gasteiger partial charge in [0.1, 0.15) is 0 Å². The molecule has 6 rings (SSSR count). The van der Waals surface area contributed by atoms with Gasteiger partial charge in [0, 0.05) is 11.8 Å². The Morgan fingerprint density at radius 1 is 0.846 bits per heavy atom. The second-order valence-electron chi connectivity index (χ2n) is 7.31. The second-order valence-corrected chi connectivity index (χ2v) is 7.31. The maximum absolute atomic E-state index is 13.1. The Balaban J connectivity index is 1.74. The molecule has 1 fully saturated rings. The molecule has 2 aromatic rings. The van der Waals surface area contributed by atoms with Crippen LogP contribution in [0.25, 0.3) is 0 Å². The van der Waals surface area contributed by atoms with Crippen LogP contribution >= 0.6 is 0 Å². The van der Waals surface area contributed by atoms with Crippen LogP contribution in [0, 0.1) is 11.8 Å². The Labute approximate surface area is 150 Å². The topological polar surface area (TPSA) is 77.5 Å². The zero-order chi connectivity index (χ0) is 18.2. The number of carbonyl (C=O) groups excluding carboxylic acids is 3. The van der Waals surface area contributed by atoms with Crippen molar-refractivity contribution in [3.8, 4) is 0 Å². The summed E-state index contributed by atoms with van der Waals surface area (Å²) in [4.78, 5) is 38.5. The highest BCUT2D eigenvalue weighted by Crippen LogP contribution is 2.61. The van der Waals surface area contributed by atoms with Crippen LogP contribution < -0.4 is 5.11 Å². The molecule has 0 saturated carbocycles. The molecule has 1 heterocycles. The number of amides is 2. The summed E-state index contributed by atoms with van der Waals surface area (Å²) in [5.74, 6) is -3.71. The van der Waals surface area contributed by atoms with Gasteiger partial charge >= 0.3 is 0 Å². The van der Waals surface area contributed by atoms with E-state index in [-0.39, 0.29) is 11.8 Å². The molecule has 3 atom stereocenters. The summed E-state index contributed by atoms with van der Waals surface area (Å²) >= 11 is 0. The van der Waals surface area contributed by atoms with Gasteiger partial charge in [-0.2, -0.15) is 0 Å². The third-order valence-electron chi connectivity index (χ3n) is 6.21. The number of imide groups is 1. The van der Waals surface area contributed by atoms with E-state index >= 15 is 0 Å². The summed E-state index contributed by atoms with van der Waals surface area (Å²) in [7, 11) is 0. The molecule has 4 aliphatic rings. The first-order valence-electron chi connectivity index (χ1n) is 8.77. The highest BCUT2D eigenvalue weighted by Gasteiger charge is 2.62. The predicted molar refractivity (Wildman–Crippen MR) is 89.9 cm³/mol. The number of carbonyl (C=O) groups is 3. The lowest BCUT2D eigenvalue weighted by Gasteiger charge is -2.45. The number of rotatable bonds is 2. The van der Waals surface area contributed by atoms with Gasteiger partial charge in [-0.1, -0.05) is 48.5 Å². The molecule has 26 heavy (non-hydrogen) atoms. The fraction of sp³-hybridized carbons (Fsp3) is 0.286. The minimum absolute atomic E-state index is 0.215. The lowest BCUT2D eigenvalue weighted by atomic mass is 9.55. The van der Waals surface area contributed by atoms with E-state index in [9.17, 15) is 19.5 Å². The van der Waals surface area contributed by atoms with E-state index in [1.54, 1.807) is 0 Å². The van der Waals surface area contributed by atoms with Crippen molar-refractivity contribution in [2.75, 3.05) is 0 Å². The fourth-order valence-electron chi connectivity index (χ4n) is 5.19. The molecular weight excluding hydrogens is 330 g/mol. The molecule has 3 aliphatic carbocycles. The summed E-state index contributed by atoms with van der Waals surface area (Å²) in [6.07, 6.45) is 0. The van der Waals surface area contributed by atoms with E-state index in [0.717, 1.165) is 27.2 Å². The Kier molecular flexibility index (Phi) is 2.97. The highest BCUT2D eigenvalue weighted by molar-refractivity contribution is 6.09. The monoisotopic (exact) mass is 346 g/mol. The van der Waals surface area contributed by atoms with Crippen LogP contribution in [-0.4, -0.2) is 28.7 Å². The average Bonchev–Trinajstić information content (AvgIpc) is 2.92. The predicted octanol–water partition coefficient (Wildman–Crippen LogP) is 1.02. The average molecular weight is 346 g/mol. The third kappa shape index (κ3) is 1.68. The zero-order valence-corrected chi connectivity index (χ0v) is 14.1. The SMILES string of the molecule is C[C@H](C(=O)[O-])N1C(=O)[C@H]2C3c4ccccc4C(c4ccccc43)[C@@H]2C1=O. The number of benzene rings is 2. The van der Waals surface area contributed by atoms with Gasteiger partial charge in [0.05, 0.1) is 23.8 Å². The van der Waals surface area contributed by atoms with Gasteiger partial charge < -0.3 is 9.90 Å². The quantitative estimate of drug-likeness (QED) is 0.761. The van der Waals surface area contributed by atoms with Crippen molar-refractivity contribution >= 4 is 17.8 Å². The minimum Gasteiger partial charge on any atom is -0.548 e. The van der Waals surface area contributed by atoms with Crippen LogP contribution in [0.5, 0.6) is 0 Å². The van der Waals surface area contributed by atoms with Crippen LogP contribution in [0.2, 0.25) is 0 Å². The van der Waals surface area contributed by atoms with E-state index in [1.807, 2.05) is 48.5 Å². The molecule has 0 spiro atoms. The van der Waals surface area contributed by atoms with Crippen LogP contribution in [0.15, 0.2) is 48.5 Å². The molecule has 5 heteroatoms. The number of nitrogens with zero attached hydrogens (tertiary/aromatic N) is 1. The zero-order valence-electron chi connectivity index (χ0n) is 14.1. The van der Waals surface area contributed by atoms with Crippen molar-refractivity contribution in [3.63, 3.8) is 0 Å². The van der Waals surface area contributed by atoms with E-state index in [1.165, 1.54) is 6.92 Å². The van der Waals surface area contributed by atoms with Crippen molar-refractivity contribution < 1.29 is 19.5 Å². The summed E-state index contributed by atoms with van der Waals surface area (Å²) in [6, 6.07) is 14.6. The van der Waals surface area contributed by atoms with Crippen molar-refractivity contribution in [1.82, 2.24) is 4.90 Å². The summed E-state index contributed by atoms with van der Waals surface area (Å²) in [6.45, 7) is 1.34. The summed E-state index contributed by atoms with van der Waals surface area (Å²) in [5, 5.41) is 11.3. The molecule has 1 saturated heterocycles. The smallest absolute Gasteiger partial charge is 0.234 e. The Bertz CT molecular complexity index is 866. The van der Waals surface area contributed by atoms with E-state index in [4.69, 9.17) is 0 Å². The fourth-order valence-corrected chi connectivity index (χ4v) is 5.19. The Hall–Kier alpha value is -2.95. The van der Waals surface area contributed by atoms with Crippen molar-refractivity contribution in [3.05, 3.63) is 70.8 Å². The minimum atomic E-state index is -1.41. The molecule has 0 radical (unpaired) electrons. The molecule has 0 unspecified atom stereocenters. The number of aliphatic carboxylic acids is 1. The lowest BCUT2D eigenvalue weighted by molar-refractivity contribution is -0.310. The number of likely N-dealkylation sites (tertiary alicyclic amines) is 1. The molecule has 0 N–H and O–H groups in total. The third-order valence-corrected chi connectivity index (χ3v) is 6.21. The normalized spacial score (nSPS) is 29.2. The molecule has 1 aliphatic heterocycles. The molecule has 0 aromatic heterocycles. The van der Waals surface area contributed by atoms with Crippen LogP contribution in [0.1, 0.15) is 41.0 Å². The van der Waals surface area contributed by atoms with Gasteiger partial charge in [0.25, 0.3) is 0 Å². The first-order valence-corrected chi connectivity index (χ1v) is 8.77. The summed E-state index contributed by atoms with van der Waals surface area (Å²) in [5.41, 5.74) is 4.28. The van der Waals surface area contributed by atoms with Crippen molar-refractivity contribution in [2.45, 2.75) is 24.8 Å². The summed E-state index contributed by atoms with van der Waals surface area (Å²) < 4.78 is 0. The van der Waals surface area contributed by atoms with Gasteiger partial charge in [-0.25, -0.2) is 0 Å². The number of carboxylic acid groups (broad SMARTS) is 1. The maximum atomic E-state index is 13.1. The molecule has 2 bridgehead atoms. The van der Waals surface area contributed by atoms with Crippen LogP contribution in [0.4, 0.5) is 0 Å². The molecule has 2 amide bonds. The van der Waals surface area contributed by atoms with Crippen molar-refractivity contribution in [2.24, 2.45) is 11.8 Å². The van der Waals surface area contributed by atoms with Gasteiger partial charge in [-0.05, 0) is 29.2 Å². The largest absolute Gasteiger partial charge is 0.548 e. The molecule has 130 valence electrons. The van der Waals surface area contributed by atoms with Gasteiger partial charge in [-0.15, -0.1) is 0 Å². The second kappa shape index (κ2) is 5.04. The van der Waals surface area contributed by atoms with E-state index < -0.39 is 35.7 Å². The van der Waals surface area contributed by atoms with Crippen LogP contribution in [-0.2, 0) is 14.4 Å². The Morgan fingerprint density at radius 3 is 1.50 bits per heavy atom. The molecule has 2 aromatic carbocycles. The van der Waals surface area contributed by atoms with E-state index in [2.05, 4.69) is 0 Å². The van der Waals surface area contributed by atoms with Crippen molar-refractivity contribution in [1.29, 1.82) is 0 Å². The standard InChI is InChI=1S/C21H17NO4/c1-10(21(25)26)22-19(23)17-15-11-6-2-3-7-12(11)16(18(17)20(22)24)14-9-5-4-8-13(14)15/h2-10,15-18H,1H3,(H,25,26)/p-1/t10-,15?,16?,17+,18+/m1/s1.